The van der Waals surface area contributed by atoms with E-state index in [-0.39, 0.29) is 6.03 Å². The first-order valence-electron chi connectivity index (χ1n) is 8.61. The van der Waals surface area contributed by atoms with Crippen molar-refractivity contribution in [2.24, 2.45) is 0 Å². The highest BCUT2D eigenvalue weighted by Gasteiger charge is 2.29. The summed E-state index contributed by atoms with van der Waals surface area (Å²) in [5, 5.41) is 12.8. The largest absolute Gasteiger partial charge is 0.322 e. The molecule has 0 saturated heterocycles. The van der Waals surface area contributed by atoms with Crippen LogP contribution in [0.5, 0.6) is 0 Å². The van der Waals surface area contributed by atoms with Crippen molar-refractivity contribution in [2.45, 2.75) is 39.2 Å². The molecule has 3 rings (SSSR count). The van der Waals surface area contributed by atoms with Crippen LogP contribution in [-0.4, -0.2) is 17.5 Å². The van der Waals surface area contributed by atoms with Crippen molar-refractivity contribution in [3.8, 4) is 6.07 Å². The molecule has 4 heteroatoms. The third kappa shape index (κ3) is 3.36. The number of hydrogen-bond donors (Lipinski definition) is 1. The minimum absolute atomic E-state index is 0.0792. The molecule has 2 amide bonds. The number of nitrogens with zero attached hydrogens (tertiary/aromatic N) is 2. The third-order valence-corrected chi connectivity index (χ3v) is 4.91. The van der Waals surface area contributed by atoms with Gasteiger partial charge < -0.3 is 10.2 Å². The molecule has 0 aliphatic carbocycles. The van der Waals surface area contributed by atoms with Gasteiger partial charge in [-0.25, -0.2) is 4.79 Å². The van der Waals surface area contributed by atoms with Gasteiger partial charge >= 0.3 is 6.03 Å². The molecule has 4 nitrogen and oxygen atoms in total. The fraction of sp³-hybridized carbons (Fsp3) is 0.333. The number of fused-ring (bicyclic) bond motifs is 1. The van der Waals surface area contributed by atoms with E-state index < -0.39 is 5.41 Å². The molecule has 0 spiro atoms. The maximum atomic E-state index is 12.1. The van der Waals surface area contributed by atoms with Crippen LogP contribution in [0.2, 0.25) is 0 Å². The predicted octanol–water partition coefficient (Wildman–Crippen LogP) is 4.39. The number of aryl methyl sites for hydroxylation is 1. The van der Waals surface area contributed by atoms with E-state index in [1.165, 1.54) is 5.56 Å². The molecule has 0 saturated carbocycles. The van der Waals surface area contributed by atoms with E-state index >= 15 is 0 Å². The average Bonchev–Trinajstić information content (AvgIpc) is 2.60. The topological polar surface area (TPSA) is 56.1 Å². The summed E-state index contributed by atoms with van der Waals surface area (Å²) in [6.07, 6.45) is 0.638. The van der Waals surface area contributed by atoms with Crippen LogP contribution in [0.15, 0.2) is 42.5 Å². The van der Waals surface area contributed by atoms with Crippen molar-refractivity contribution in [3.05, 3.63) is 64.7 Å². The van der Waals surface area contributed by atoms with Crippen LogP contribution < -0.4 is 5.32 Å². The smallest absolute Gasteiger partial charge is 0.320 e. The summed E-state index contributed by atoms with van der Waals surface area (Å²) in [6, 6.07) is 16.7. The molecule has 0 radical (unpaired) electrons. The monoisotopic (exact) mass is 333 g/mol. The highest BCUT2D eigenvalue weighted by molar-refractivity contribution is 5.92. The predicted molar refractivity (Wildman–Crippen MR) is 99.4 cm³/mol. The van der Waals surface area contributed by atoms with Gasteiger partial charge in [0.2, 0.25) is 0 Å². The Hall–Kier alpha value is -2.80. The van der Waals surface area contributed by atoms with Crippen LogP contribution in [-0.2, 0) is 18.4 Å². The van der Waals surface area contributed by atoms with Gasteiger partial charge in [-0.05, 0) is 49.9 Å². The van der Waals surface area contributed by atoms with Gasteiger partial charge in [0.1, 0.15) is 0 Å². The number of amides is 2. The number of nitrogens with one attached hydrogen (secondary N) is 1. The molecule has 2 aromatic rings. The van der Waals surface area contributed by atoms with Gasteiger partial charge in [-0.3, -0.25) is 0 Å². The Bertz CT molecular complexity index is 852. The SMILES string of the molecule is CCN1Cc2ccc(C(C)(C#N)Cc3cccc(C)c3)cc2NC1=O. The van der Waals surface area contributed by atoms with E-state index in [4.69, 9.17) is 0 Å². The molecular formula is C21H23N3O. The molecule has 0 aromatic heterocycles. The Kier molecular flexibility index (Phi) is 4.50. The van der Waals surface area contributed by atoms with Crippen LogP contribution in [0.1, 0.15) is 36.1 Å². The van der Waals surface area contributed by atoms with Gasteiger partial charge in [0.05, 0.1) is 11.5 Å². The van der Waals surface area contributed by atoms with Gasteiger partial charge in [-0.2, -0.15) is 5.26 Å². The first-order valence-corrected chi connectivity index (χ1v) is 8.61. The number of anilines is 1. The average molecular weight is 333 g/mol. The molecule has 1 heterocycles. The molecule has 25 heavy (non-hydrogen) atoms. The normalized spacial score (nSPS) is 15.8. The molecule has 1 aliphatic heterocycles. The Morgan fingerprint density at radius 2 is 2.08 bits per heavy atom. The molecule has 2 aromatic carbocycles. The van der Waals surface area contributed by atoms with E-state index in [1.807, 2.05) is 38.1 Å². The zero-order chi connectivity index (χ0) is 18.0. The maximum absolute atomic E-state index is 12.1. The van der Waals surface area contributed by atoms with E-state index in [9.17, 15) is 10.1 Å². The lowest BCUT2D eigenvalue weighted by Gasteiger charge is -2.30. The second-order valence-electron chi connectivity index (χ2n) is 6.93. The van der Waals surface area contributed by atoms with E-state index in [1.54, 1.807) is 4.90 Å². The Morgan fingerprint density at radius 3 is 2.76 bits per heavy atom. The van der Waals surface area contributed by atoms with Crippen molar-refractivity contribution in [2.75, 3.05) is 11.9 Å². The zero-order valence-electron chi connectivity index (χ0n) is 15.0. The van der Waals surface area contributed by atoms with E-state index in [0.717, 1.165) is 22.4 Å². The first kappa shape index (κ1) is 17.0. The first-order chi connectivity index (χ1) is 11.9. The third-order valence-electron chi connectivity index (χ3n) is 4.91. The maximum Gasteiger partial charge on any atom is 0.322 e. The molecule has 128 valence electrons. The quantitative estimate of drug-likeness (QED) is 0.902. The Morgan fingerprint density at radius 1 is 1.28 bits per heavy atom. The minimum Gasteiger partial charge on any atom is -0.320 e. The van der Waals surface area contributed by atoms with Crippen LogP contribution in [0, 0.1) is 18.3 Å². The van der Waals surface area contributed by atoms with Crippen LogP contribution in [0.4, 0.5) is 10.5 Å². The molecule has 0 fully saturated rings. The molecule has 1 aliphatic rings. The van der Waals surface area contributed by atoms with Crippen molar-refractivity contribution in [1.29, 1.82) is 5.26 Å². The zero-order valence-corrected chi connectivity index (χ0v) is 15.0. The van der Waals surface area contributed by atoms with Crippen molar-refractivity contribution in [3.63, 3.8) is 0 Å². The molecule has 1 unspecified atom stereocenters. The lowest BCUT2D eigenvalue weighted by atomic mass is 9.78. The molecule has 0 bridgehead atoms. The number of hydrogen-bond acceptors (Lipinski definition) is 2. The summed E-state index contributed by atoms with van der Waals surface area (Å²) in [5.41, 5.74) is 4.52. The van der Waals surface area contributed by atoms with Gasteiger partial charge in [0.25, 0.3) is 0 Å². The van der Waals surface area contributed by atoms with Crippen LogP contribution in [0.3, 0.4) is 0 Å². The fourth-order valence-corrected chi connectivity index (χ4v) is 3.34. The van der Waals surface area contributed by atoms with Crippen molar-refractivity contribution in [1.82, 2.24) is 4.90 Å². The van der Waals surface area contributed by atoms with E-state index in [0.29, 0.717) is 19.5 Å². The lowest BCUT2D eigenvalue weighted by molar-refractivity contribution is 0.210. The number of rotatable bonds is 4. The van der Waals surface area contributed by atoms with Crippen LogP contribution >= 0.6 is 0 Å². The number of benzene rings is 2. The number of carbonyl (C=O) groups excluding carboxylic acids is 1. The second-order valence-corrected chi connectivity index (χ2v) is 6.93. The number of urea groups is 1. The summed E-state index contributed by atoms with van der Waals surface area (Å²) in [5.74, 6) is 0. The Balaban J connectivity index is 1.93. The fourth-order valence-electron chi connectivity index (χ4n) is 3.34. The summed E-state index contributed by atoms with van der Waals surface area (Å²) in [4.78, 5) is 13.9. The summed E-state index contributed by atoms with van der Waals surface area (Å²) in [6.45, 7) is 7.27. The minimum atomic E-state index is -0.643. The standard InChI is InChI=1S/C21H23N3O/c1-4-24-13-17-8-9-18(11-19(17)23-20(24)25)21(3,14-22)12-16-7-5-6-15(2)10-16/h5-11H,4,12-13H2,1-3H3,(H,23,25). The van der Waals surface area contributed by atoms with Crippen molar-refractivity contribution >= 4 is 11.7 Å². The highest BCUT2D eigenvalue weighted by Crippen LogP contribution is 2.33. The van der Waals surface area contributed by atoms with Crippen molar-refractivity contribution < 1.29 is 4.79 Å². The summed E-state index contributed by atoms with van der Waals surface area (Å²) in [7, 11) is 0. The van der Waals surface area contributed by atoms with E-state index in [2.05, 4.69) is 36.5 Å². The van der Waals surface area contributed by atoms with Crippen LogP contribution in [0.25, 0.3) is 0 Å². The van der Waals surface area contributed by atoms with Gasteiger partial charge in [-0.1, -0.05) is 42.0 Å². The molecule has 1 N–H and O–H groups in total. The Labute approximate surface area is 149 Å². The summed E-state index contributed by atoms with van der Waals surface area (Å²) >= 11 is 0. The molecular weight excluding hydrogens is 310 g/mol. The van der Waals surface area contributed by atoms with Gasteiger partial charge in [0.15, 0.2) is 0 Å². The number of nitriles is 1. The second kappa shape index (κ2) is 6.60. The number of carbonyl (C=O) groups is 1. The van der Waals surface area contributed by atoms with Gasteiger partial charge in [0, 0.05) is 18.8 Å². The highest BCUT2D eigenvalue weighted by atomic mass is 16.2. The molecule has 1 atom stereocenters. The summed E-state index contributed by atoms with van der Waals surface area (Å²) < 4.78 is 0. The van der Waals surface area contributed by atoms with Gasteiger partial charge in [-0.15, -0.1) is 0 Å². The lowest BCUT2D eigenvalue weighted by Crippen LogP contribution is -2.38.